The fourth-order valence-electron chi connectivity index (χ4n) is 17.2. The number of esters is 4. The first-order valence-electron chi connectivity index (χ1n) is 43.3. The van der Waals surface area contributed by atoms with Gasteiger partial charge in [0.25, 0.3) is 11.1 Å². The number of cyclic esters (lactones) is 2. The highest BCUT2D eigenvalue weighted by molar-refractivity contribution is 9.11. The van der Waals surface area contributed by atoms with Gasteiger partial charge in [0.05, 0.1) is 70.9 Å². The Kier molecular flexibility index (Phi) is 31.9. The molecular formula is C90H118Br2N14O21. The van der Waals surface area contributed by atoms with E-state index in [2.05, 4.69) is 69.1 Å². The molecule has 4 aliphatic heterocycles. The Morgan fingerprint density at radius 3 is 1.31 bits per heavy atom. The number of nitrogens with two attached hydrogens (primary N) is 3. The molecule has 8 heterocycles. The second-order valence-electron chi connectivity index (χ2n) is 36.2. The minimum atomic E-state index is -1.91. The van der Waals surface area contributed by atoms with Crippen LogP contribution < -0.4 is 65.5 Å². The van der Waals surface area contributed by atoms with Crippen molar-refractivity contribution in [1.29, 1.82) is 0 Å². The Bertz CT molecular complexity index is 5340. The molecular weight excluding hydrogens is 1770 g/mol. The van der Waals surface area contributed by atoms with E-state index in [0.29, 0.717) is 66.3 Å². The highest BCUT2D eigenvalue weighted by atomic mass is 79.9. The zero-order valence-electron chi connectivity index (χ0n) is 74.0. The lowest BCUT2D eigenvalue weighted by molar-refractivity contribution is -0.191. The molecule has 6 aromatic rings. The number of benzene rings is 2. The Labute approximate surface area is 752 Å². The van der Waals surface area contributed by atoms with Crippen molar-refractivity contribution in [3.63, 3.8) is 0 Å². The number of aromatic nitrogens is 4. The van der Waals surface area contributed by atoms with E-state index in [-0.39, 0.29) is 124 Å². The largest absolute Gasteiger partial charge is 0.480 e. The van der Waals surface area contributed by atoms with Crippen LogP contribution in [0.4, 0.5) is 19.2 Å². The zero-order chi connectivity index (χ0) is 93.0. The summed E-state index contributed by atoms with van der Waals surface area (Å²) in [7, 11) is 0. The van der Waals surface area contributed by atoms with Crippen molar-refractivity contribution < 1.29 is 91.1 Å². The predicted molar refractivity (Wildman–Crippen MR) is 476 cm³/mol. The van der Waals surface area contributed by atoms with Gasteiger partial charge in [0.1, 0.15) is 48.6 Å². The van der Waals surface area contributed by atoms with Crippen molar-refractivity contribution in [2.75, 3.05) is 26.2 Å². The molecule has 0 bridgehead atoms. The highest BCUT2D eigenvalue weighted by Gasteiger charge is 2.54. The number of nitrogens with zero attached hydrogens (tertiary/aromatic N) is 4. The average Bonchev–Trinajstić information content (AvgIpc) is 1.62. The fourth-order valence-corrected chi connectivity index (χ4v) is 18.2. The topological polar surface area (TPSA) is 512 Å². The van der Waals surface area contributed by atoms with Gasteiger partial charge >= 0.3 is 54.1 Å². The fraction of sp³-hybridized carbons (Fsp3) is 0.556. The minimum absolute atomic E-state index is 0.00566. The molecule has 2 fully saturated rings. The van der Waals surface area contributed by atoms with Crippen LogP contribution >= 0.6 is 31.9 Å². The van der Waals surface area contributed by atoms with Crippen molar-refractivity contribution in [3.8, 4) is 22.8 Å². The number of carbonyl (C=O) groups excluding carboxylic acids is 11. The molecule has 14 N–H and O–H groups in total. The quantitative estimate of drug-likeness (QED) is 0.0118. The standard InChI is InChI=1S/C45H58BrN7O10.C29H30BrN3O5.C16H30N4O6/c1-7-45(29-20-33-36-26(19-27-30(46)13-11-14-31(27)50-36)22-53(33)39(57)28(29)23-61-40(45)58)62-34(54)21-44(16-9-8-10-17-44)24-49-37(55)32(15-12-18-48-41(47)59)51-38(56)35(25(2)3)52-42(60)63-43(4,5)6;1-2-29(38-24(34)13-28(16-31)9-4-3-5-10-28)20-12-23-25-17(11-18-21(30)7-6-8-22(18)32-25)14-33(23)26(35)19(20)15-37-27(29)36;1-9(2)11(20-15(25)26-16(3,4)5)12(21)19-10(13(22)23)7-6-8-18-14(17)24/h11,13-14,19-20,25,32,35H,7-10,12,15-18,21-24H2,1-6H3,(H,49,55)(H,51,56)(H,52,60)(H3,47,48,59);6-8,11-12H,2-5,9-10,13-16,31H2,1H3;9-11H,6-8H2,1-5H3,(H,19,21)(H,20,25)(H,22,23)(H3,17,18,24)/t32-,35-,45-;29-;10-,11-/m000/s1. The number of ether oxygens (including phenoxy) is 6. The van der Waals surface area contributed by atoms with Gasteiger partial charge in [-0.1, -0.05) is 124 Å². The van der Waals surface area contributed by atoms with Crippen LogP contribution in [0.1, 0.15) is 232 Å². The summed E-state index contributed by atoms with van der Waals surface area (Å²) in [5.74, 6) is -6.23. The SMILES string of the molecule is CC(C)[C@H](NC(=O)OC(C)(C)C)C(=O)N[C@@H](CCCNC(N)=O)C(=O)O.CC[C@@]1(OC(=O)CC2(CN)CCCCC2)C(=O)OCc2c1cc1n(c2=O)Cc2cc3c(Br)cccc3nc2-1.CC[C@@]1(OC(=O)CC2(CNC(=O)[C@H](CCCNC(N)=O)NC(=O)[C@@H](NC(=O)OC(C)(C)C)C(C)C)CCCCC2)C(=O)OCc2c1cc1n(c2=O)Cc2cc3c(Br)cccc3nc2-1. The average molecular weight is 1890 g/mol. The van der Waals surface area contributed by atoms with Gasteiger partial charge in [0.2, 0.25) is 28.9 Å². The van der Waals surface area contributed by atoms with Crippen molar-refractivity contribution >= 4 is 125 Å². The van der Waals surface area contributed by atoms with E-state index in [4.69, 9.17) is 55.6 Å². The second kappa shape index (κ2) is 41.3. The second-order valence-corrected chi connectivity index (χ2v) is 37.9. The summed E-state index contributed by atoms with van der Waals surface area (Å²) in [6.45, 7) is 21.6. The van der Waals surface area contributed by atoms with E-state index in [1.54, 1.807) is 104 Å². The van der Waals surface area contributed by atoms with E-state index in [9.17, 15) is 72.2 Å². The molecule has 0 spiro atoms. The number of amides is 9. The van der Waals surface area contributed by atoms with Crippen LogP contribution in [0.5, 0.6) is 0 Å². The number of alkyl carbamates (subject to hydrolysis) is 2. The Morgan fingerprint density at radius 1 is 0.543 bits per heavy atom. The number of hydrogen-bond acceptors (Lipinski definition) is 23. The Balaban J connectivity index is 0.000000222. The summed E-state index contributed by atoms with van der Waals surface area (Å²) in [6, 6.07) is 13.4. The van der Waals surface area contributed by atoms with Crippen molar-refractivity contribution in [1.82, 2.24) is 56.3 Å². The molecule has 4 aromatic heterocycles. The molecule has 12 rings (SSSR count). The molecule has 0 unspecified atom stereocenters. The summed E-state index contributed by atoms with van der Waals surface area (Å²) >= 11 is 7.18. The van der Waals surface area contributed by atoms with Crippen LogP contribution in [-0.2, 0) is 104 Å². The van der Waals surface area contributed by atoms with Gasteiger partial charge in [0, 0.05) is 61.6 Å². The summed E-state index contributed by atoms with van der Waals surface area (Å²) in [4.78, 5) is 190. The number of hydrogen-bond donors (Lipinski definition) is 11. The molecule has 35 nitrogen and oxygen atoms in total. The number of urea groups is 2. The number of nitrogens with one attached hydrogen (secondary N) is 7. The zero-order valence-corrected chi connectivity index (χ0v) is 77.2. The van der Waals surface area contributed by atoms with E-state index in [0.717, 1.165) is 93.2 Å². The van der Waals surface area contributed by atoms with Crippen LogP contribution in [-0.4, -0.2) is 158 Å². The maximum atomic E-state index is 14.3. The van der Waals surface area contributed by atoms with Crippen LogP contribution in [0.25, 0.3) is 44.6 Å². The van der Waals surface area contributed by atoms with E-state index < -0.39 is 124 Å². The van der Waals surface area contributed by atoms with Crippen LogP contribution in [0.15, 0.2) is 79.2 Å². The molecule has 6 atom stereocenters. The van der Waals surface area contributed by atoms with Gasteiger partial charge in [-0.25, -0.2) is 43.5 Å². The summed E-state index contributed by atoms with van der Waals surface area (Å²) < 4.78 is 38.9. The highest BCUT2D eigenvalue weighted by Crippen LogP contribution is 2.47. The normalized spacial score (nSPS) is 18.3. The first-order valence-corrected chi connectivity index (χ1v) is 44.9. The molecule has 127 heavy (non-hydrogen) atoms. The molecule has 0 saturated heterocycles. The van der Waals surface area contributed by atoms with Gasteiger partial charge in [-0.05, 0) is 183 Å². The summed E-state index contributed by atoms with van der Waals surface area (Å²) in [5, 5.41) is 29.1. The Morgan fingerprint density at radius 2 is 0.937 bits per heavy atom. The summed E-state index contributed by atoms with van der Waals surface area (Å²) in [5.41, 5.74) is 16.4. The number of halogens is 2. The van der Waals surface area contributed by atoms with Crippen LogP contribution in [0.2, 0.25) is 0 Å². The molecule has 2 aliphatic carbocycles. The van der Waals surface area contributed by atoms with Crippen LogP contribution in [0, 0.1) is 22.7 Å². The Hall–Kier alpha value is -11.1. The first-order chi connectivity index (χ1) is 59.9. The number of fused-ring (bicyclic) bond motifs is 10. The van der Waals surface area contributed by atoms with Gasteiger partial charge in [-0.15, -0.1) is 0 Å². The number of carbonyl (C=O) groups is 12. The maximum Gasteiger partial charge on any atom is 0.408 e. The van der Waals surface area contributed by atoms with Crippen molar-refractivity contribution in [2.24, 2.45) is 39.9 Å². The smallest absolute Gasteiger partial charge is 0.408 e. The third kappa shape index (κ3) is 23.5. The third-order valence-corrected chi connectivity index (χ3v) is 25.3. The van der Waals surface area contributed by atoms with Gasteiger partial charge in [-0.2, -0.15) is 0 Å². The number of carboxylic acids is 1. The number of primary amides is 2. The van der Waals surface area contributed by atoms with Gasteiger partial charge < -0.3 is 97.1 Å². The molecule has 2 aromatic carbocycles. The number of carboxylic acid groups (broad SMARTS) is 1. The third-order valence-electron chi connectivity index (χ3n) is 23.9. The predicted octanol–water partition coefficient (Wildman–Crippen LogP) is 10.6. The van der Waals surface area contributed by atoms with E-state index in [1.807, 2.05) is 48.5 Å². The van der Waals surface area contributed by atoms with Gasteiger partial charge in [-0.3, -0.25) is 33.6 Å². The van der Waals surface area contributed by atoms with E-state index in [1.165, 1.54) is 0 Å². The monoisotopic (exact) mass is 1890 g/mol. The lowest BCUT2D eigenvalue weighted by atomic mass is 9.71. The molecule has 0 radical (unpaired) electrons. The number of aliphatic carboxylic acids is 1. The van der Waals surface area contributed by atoms with E-state index >= 15 is 0 Å². The maximum absolute atomic E-state index is 14.3. The van der Waals surface area contributed by atoms with Crippen LogP contribution in [0.3, 0.4) is 0 Å². The molecule has 37 heteroatoms. The number of rotatable bonds is 29. The number of pyridine rings is 4. The lowest BCUT2D eigenvalue weighted by Gasteiger charge is -2.39. The van der Waals surface area contributed by atoms with Crippen molar-refractivity contribution in [3.05, 3.63) is 124 Å². The molecule has 6 aliphatic rings. The van der Waals surface area contributed by atoms with Gasteiger partial charge in [0.15, 0.2) is 0 Å². The lowest BCUT2D eigenvalue weighted by Crippen LogP contribution is -2.56. The minimum Gasteiger partial charge on any atom is -0.480 e. The molecule has 2 saturated carbocycles. The molecule has 9 amide bonds. The summed E-state index contributed by atoms with van der Waals surface area (Å²) in [6.07, 6.45) is 7.90. The molecule has 688 valence electrons. The van der Waals surface area contributed by atoms with Crippen molar-refractivity contribution in [2.45, 2.75) is 272 Å². The first kappa shape index (κ1) is 98.1.